The van der Waals surface area contributed by atoms with Crippen LogP contribution in [0.5, 0.6) is 0 Å². The normalized spacial score (nSPS) is 19.0. The first-order valence-electron chi connectivity index (χ1n) is 15.9. The molecule has 222 valence electrons. The molecule has 0 amide bonds. The molecule has 0 aromatic carbocycles. The number of fused-ring (bicyclic) bond motifs is 7. The van der Waals surface area contributed by atoms with Crippen molar-refractivity contribution in [3.63, 3.8) is 0 Å². The van der Waals surface area contributed by atoms with E-state index in [9.17, 15) is 0 Å². The SMILES string of the molecule is CCC1=C2/C=c3\[n-]/c(c(CC)c3CC)=C\c3[n-]c(c(CC)c3CC)/C=c3\[n-]/c(c(CC)c3CC)=C\C(=N2)C1CC.[Cl][Ga]. The average molecular weight is 639 g/mol. The second-order valence-corrected chi connectivity index (χ2v) is 11.0. The number of allylic oxidation sites excluding steroid dienone is 2. The first-order valence-corrected chi connectivity index (χ1v) is 19.1. The van der Waals surface area contributed by atoms with Crippen molar-refractivity contribution in [1.82, 2.24) is 15.0 Å². The summed E-state index contributed by atoms with van der Waals surface area (Å²) in [4.78, 5) is 21.1. The molecular formula is C36H45ClGaN4-3. The van der Waals surface area contributed by atoms with Crippen molar-refractivity contribution in [2.75, 3.05) is 0 Å². The molecule has 1 atom stereocenters. The van der Waals surface area contributed by atoms with Crippen LogP contribution in [0.25, 0.3) is 24.3 Å². The fourth-order valence-corrected chi connectivity index (χ4v) is 7.12. The fraction of sp³-hybridized carbons (Fsp3) is 0.472. The zero-order valence-corrected chi connectivity index (χ0v) is 30.0. The average Bonchev–Trinajstić information content (AvgIpc) is 3.73. The molecule has 0 saturated heterocycles. The maximum atomic E-state index is 5.29. The van der Waals surface area contributed by atoms with Crippen LogP contribution in [0.1, 0.15) is 113 Å². The van der Waals surface area contributed by atoms with Crippen LogP contribution in [-0.2, 0) is 38.5 Å². The molecule has 3 aromatic rings. The monoisotopic (exact) mass is 637 g/mol. The van der Waals surface area contributed by atoms with Gasteiger partial charge in [0.2, 0.25) is 0 Å². The van der Waals surface area contributed by atoms with Crippen LogP contribution in [0.2, 0.25) is 0 Å². The van der Waals surface area contributed by atoms with Gasteiger partial charge < -0.3 is 15.0 Å². The summed E-state index contributed by atoms with van der Waals surface area (Å²) >= 11 is 1.16. The molecule has 6 heteroatoms. The van der Waals surface area contributed by atoms with E-state index in [-0.39, 0.29) is 0 Å². The fourth-order valence-electron chi connectivity index (χ4n) is 7.12. The molecule has 2 radical (unpaired) electrons. The van der Waals surface area contributed by atoms with E-state index in [4.69, 9.17) is 29.6 Å². The predicted octanol–water partition coefficient (Wildman–Crippen LogP) is 4.62. The number of rotatable bonds is 8. The van der Waals surface area contributed by atoms with Gasteiger partial charge in [-0.2, -0.15) is 0 Å². The molecule has 5 heterocycles. The van der Waals surface area contributed by atoms with Gasteiger partial charge in [0.25, 0.3) is 0 Å². The Morgan fingerprint density at radius 2 is 0.952 bits per heavy atom. The van der Waals surface area contributed by atoms with E-state index in [0.717, 1.165) is 113 Å². The second kappa shape index (κ2) is 14.4. The molecule has 8 bridgehead atoms. The third-order valence-corrected chi connectivity index (χ3v) is 9.04. The minimum absolute atomic E-state index is 0.320. The summed E-state index contributed by atoms with van der Waals surface area (Å²) < 4.78 is 0. The summed E-state index contributed by atoms with van der Waals surface area (Å²) in [6, 6.07) is 0. The van der Waals surface area contributed by atoms with Crippen LogP contribution >= 0.6 is 9.64 Å². The van der Waals surface area contributed by atoms with Crippen molar-refractivity contribution in [1.29, 1.82) is 0 Å². The summed E-state index contributed by atoms with van der Waals surface area (Å²) in [6.07, 6.45) is 16.8. The Bertz CT molecular complexity index is 1740. The molecule has 2 aliphatic rings. The Labute approximate surface area is 266 Å². The van der Waals surface area contributed by atoms with Crippen molar-refractivity contribution < 1.29 is 0 Å². The summed E-state index contributed by atoms with van der Waals surface area (Å²) in [5.74, 6) is 0.320. The van der Waals surface area contributed by atoms with E-state index in [1.807, 2.05) is 0 Å². The first kappa shape index (κ1) is 32.6. The Morgan fingerprint density at radius 1 is 0.548 bits per heavy atom. The Hall–Kier alpha value is -2.34. The zero-order valence-electron chi connectivity index (χ0n) is 26.8. The number of hydrogen-bond donors (Lipinski definition) is 0. The van der Waals surface area contributed by atoms with Crippen LogP contribution in [0.15, 0.2) is 16.3 Å². The molecule has 42 heavy (non-hydrogen) atoms. The third-order valence-electron chi connectivity index (χ3n) is 9.04. The number of halogens is 1. The molecule has 0 fully saturated rings. The van der Waals surface area contributed by atoms with Gasteiger partial charge in [0.15, 0.2) is 0 Å². The minimum atomic E-state index is 0.320. The van der Waals surface area contributed by atoms with E-state index >= 15 is 0 Å². The molecule has 5 rings (SSSR count). The van der Waals surface area contributed by atoms with Gasteiger partial charge in [-0.15, -0.1) is 32.8 Å². The Balaban J connectivity index is 0.00000198. The Morgan fingerprint density at radius 3 is 1.33 bits per heavy atom. The zero-order chi connectivity index (χ0) is 30.6. The summed E-state index contributed by atoms with van der Waals surface area (Å²) in [7, 11) is 4.70. The van der Waals surface area contributed by atoms with Gasteiger partial charge in [-0.3, -0.25) is 4.99 Å². The van der Waals surface area contributed by atoms with Gasteiger partial charge >= 0.3 is 27.2 Å². The molecule has 2 aliphatic heterocycles. The van der Waals surface area contributed by atoms with Crippen molar-refractivity contribution in [2.45, 2.75) is 107 Å². The van der Waals surface area contributed by atoms with Crippen LogP contribution in [-0.4, -0.2) is 23.3 Å². The summed E-state index contributed by atoms with van der Waals surface area (Å²) in [5.41, 5.74) is 13.8. The molecular weight excluding hydrogens is 594 g/mol. The number of hydrogen-bond acceptors (Lipinski definition) is 1. The van der Waals surface area contributed by atoms with Gasteiger partial charge in [-0.25, -0.2) is 0 Å². The molecule has 0 spiro atoms. The van der Waals surface area contributed by atoms with E-state index < -0.39 is 0 Å². The van der Waals surface area contributed by atoms with Gasteiger partial charge in [-0.1, -0.05) is 113 Å². The van der Waals surface area contributed by atoms with Crippen molar-refractivity contribution >= 4 is 57.3 Å². The van der Waals surface area contributed by atoms with E-state index in [2.05, 4.69) is 79.7 Å². The number of nitrogens with zero attached hydrogens (tertiary/aromatic N) is 4. The van der Waals surface area contributed by atoms with E-state index in [0.29, 0.717) is 5.92 Å². The number of aliphatic imine (C=N–C) groups is 1. The molecule has 1 unspecified atom stereocenters. The number of aromatic nitrogens is 3. The topological polar surface area (TPSA) is 54.7 Å². The standard InChI is InChI=1S/C36H45N4.ClH.Ga/c1-9-21-22(10-2)30-18-32-25(13-5)26(14-6)34(39-32)20-36-28(16-8)27(15-7)35(40-36)19-33-24(12-4)23(11-3)31(38-33)17-29(21)37-30;;/h17-21H,9-16H2,1-8H3;1H;/q-3;;+1/p-1/b31-17-,32-18-,33-19-,34-20-;;. The van der Waals surface area contributed by atoms with Gasteiger partial charge in [0, 0.05) is 11.6 Å². The van der Waals surface area contributed by atoms with Crippen LogP contribution < -0.4 is 36.3 Å². The first-order chi connectivity index (χ1) is 20.5. The molecule has 0 aliphatic carbocycles. The predicted molar refractivity (Wildman–Crippen MR) is 180 cm³/mol. The van der Waals surface area contributed by atoms with E-state index in [1.165, 1.54) is 39.0 Å². The van der Waals surface area contributed by atoms with Crippen molar-refractivity contribution in [2.24, 2.45) is 10.9 Å². The molecule has 0 N–H and O–H groups in total. The molecule has 0 saturated carbocycles. The van der Waals surface area contributed by atoms with E-state index in [1.54, 1.807) is 0 Å². The molecule has 3 aromatic heterocycles. The van der Waals surface area contributed by atoms with Gasteiger partial charge in [-0.05, 0) is 56.9 Å². The van der Waals surface area contributed by atoms with Crippen molar-refractivity contribution in [3.05, 3.63) is 77.4 Å². The van der Waals surface area contributed by atoms with Crippen LogP contribution in [0, 0.1) is 5.92 Å². The summed E-state index contributed by atoms with van der Waals surface area (Å²) in [5, 5.41) is 4.28. The third kappa shape index (κ3) is 5.77. The Kier molecular flexibility index (Phi) is 11.2. The second-order valence-electron chi connectivity index (χ2n) is 11.0. The van der Waals surface area contributed by atoms with Gasteiger partial charge in [0.05, 0.1) is 5.70 Å². The molecule has 4 nitrogen and oxygen atoms in total. The summed E-state index contributed by atoms with van der Waals surface area (Å²) in [6.45, 7) is 18.0. The maximum absolute atomic E-state index is 5.29. The van der Waals surface area contributed by atoms with Crippen LogP contribution in [0.4, 0.5) is 0 Å². The van der Waals surface area contributed by atoms with Crippen LogP contribution in [0.3, 0.4) is 0 Å². The quantitative estimate of drug-likeness (QED) is 0.339. The van der Waals surface area contributed by atoms with Gasteiger partial charge in [0.1, 0.15) is 0 Å². The van der Waals surface area contributed by atoms with Crippen molar-refractivity contribution in [3.8, 4) is 0 Å².